The van der Waals surface area contributed by atoms with Crippen LogP contribution >= 0.6 is 0 Å². The second kappa shape index (κ2) is 10.0. The summed E-state index contributed by atoms with van der Waals surface area (Å²) in [6, 6.07) is 11.9. The zero-order valence-corrected chi connectivity index (χ0v) is 16.7. The van der Waals surface area contributed by atoms with E-state index in [9.17, 15) is 19.6 Å². The standard InChI is InChI=1S/C22H23N3O4/c1-4-10-25-15(2)11-18(16(25)3)12-19(13-23)22(28)29-14-20(26)24-21(27)17-8-6-5-7-9-17/h5-9,11-12H,4,10,14H2,1-3H3,(H,24,26,27)/b19-12+. The topological polar surface area (TPSA) is 101 Å². The number of hydrogen-bond donors (Lipinski definition) is 1. The number of nitrogens with zero attached hydrogens (tertiary/aromatic N) is 2. The number of nitrogens with one attached hydrogen (secondary N) is 1. The summed E-state index contributed by atoms with van der Waals surface area (Å²) in [7, 11) is 0. The summed E-state index contributed by atoms with van der Waals surface area (Å²) in [5.74, 6) is -2.29. The van der Waals surface area contributed by atoms with Gasteiger partial charge in [-0.25, -0.2) is 4.79 Å². The average Bonchev–Trinajstić information content (AvgIpc) is 2.98. The largest absolute Gasteiger partial charge is 0.451 e. The molecular weight excluding hydrogens is 370 g/mol. The second-order valence-corrected chi connectivity index (χ2v) is 6.47. The predicted octanol–water partition coefficient (Wildman–Crippen LogP) is 2.92. The Kier molecular flexibility index (Phi) is 7.49. The van der Waals surface area contributed by atoms with Crippen LogP contribution in [0.2, 0.25) is 0 Å². The third-order valence-electron chi connectivity index (χ3n) is 4.32. The van der Waals surface area contributed by atoms with E-state index in [0.29, 0.717) is 5.56 Å². The summed E-state index contributed by atoms with van der Waals surface area (Å²) < 4.78 is 7.00. The van der Waals surface area contributed by atoms with Crippen LogP contribution in [0.25, 0.3) is 6.08 Å². The van der Waals surface area contributed by atoms with Crippen molar-refractivity contribution in [2.75, 3.05) is 6.61 Å². The van der Waals surface area contributed by atoms with Crippen LogP contribution in [0.3, 0.4) is 0 Å². The van der Waals surface area contributed by atoms with E-state index >= 15 is 0 Å². The monoisotopic (exact) mass is 393 g/mol. The van der Waals surface area contributed by atoms with Gasteiger partial charge in [-0.1, -0.05) is 25.1 Å². The van der Waals surface area contributed by atoms with Crippen LogP contribution < -0.4 is 5.32 Å². The molecule has 2 aromatic rings. The summed E-state index contributed by atoms with van der Waals surface area (Å²) in [6.07, 6.45) is 2.41. The summed E-state index contributed by atoms with van der Waals surface area (Å²) in [5, 5.41) is 11.4. The van der Waals surface area contributed by atoms with E-state index in [4.69, 9.17) is 4.74 Å². The van der Waals surface area contributed by atoms with Crippen molar-refractivity contribution in [1.82, 2.24) is 9.88 Å². The molecule has 29 heavy (non-hydrogen) atoms. The molecule has 0 spiro atoms. The first-order valence-electron chi connectivity index (χ1n) is 9.22. The quantitative estimate of drug-likeness (QED) is 0.443. The van der Waals surface area contributed by atoms with E-state index in [0.717, 1.165) is 29.9 Å². The van der Waals surface area contributed by atoms with Crippen molar-refractivity contribution >= 4 is 23.9 Å². The van der Waals surface area contributed by atoms with E-state index in [1.54, 1.807) is 30.3 Å². The van der Waals surface area contributed by atoms with Crippen LogP contribution in [0.15, 0.2) is 42.0 Å². The summed E-state index contributed by atoms with van der Waals surface area (Å²) in [4.78, 5) is 36.0. The van der Waals surface area contributed by atoms with Crippen LogP contribution in [-0.4, -0.2) is 29.0 Å². The van der Waals surface area contributed by atoms with Gasteiger partial charge in [0.15, 0.2) is 6.61 Å². The van der Waals surface area contributed by atoms with Gasteiger partial charge in [0, 0.05) is 23.5 Å². The number of amides is 2. The maximum atomic E-state index is 12.2. The molecule has 7 heteroatoms. The third-order valence-corrected chi connectivity index (χ3v) is 4.32. The Bertz CT molecular complexity index is 981. The molecule has 1 N–H and O–H groups in total. The molecule has 7 nitrogen and oxygen atoms in total. The van der Waals surface area contributed by atoms with Crippen molar-refractivity contribution in [3.63, 3.8) is 0 Å². The summed E-state index contributed by atoms with van der Waals surface area (Å²) >= 11 is 0. The van der Waals surface area contributed by atoms with Gasteiger partial charge < -0.3 is 9.30 Å². The van der Waals surface area contributed by atoms with Crippen LogP contribution in [0.1, 0.15) is 40.7 Å². The molecule has 1 aromatic carbocycles. The molecule has 2 rings (SSSR count). The van der Waals surface area contributed by atoms with Gasteiger partial charge >= 0.3 is 5.97 Å². The molecule has 0 saturated carbocycles. The van der Waals surface area contributed by atoms with Gasteiger partial charge in [0.25, 0.3) is 11.8 Å². The molecule has 0 unspecified atom stereocenters. The average molecular weight is 393 g/mol. The Morgan fingerprint density at radius 1 is 1.21 bits per heavy atom. The van der Waals surface area contributed by atoms with Crippen molar-refractivity contribution in [1.29, 1.82) is 5.26 Å². The maximum Gasteiger partial charge on any atom is 0.349 e. The Hall–Kier alpha value is -3.66. The first-order chi connectivity index (χ1) is 13.9. The Morgan fingerprint density at radius 2 is 1.90 bits per heavy atom. The molecule has 2 amide bonds. The number of aromatic nitrogens is 1. The van der Waals surface area contributed by atoms with Gasteiger partial charge in [-0.2, -0.15) is 5.26 Å². The highest BCUT2D eigenvalue weighted by molar-refractivity contribution is 6.06. The van der Waals surface area contributed by atoms with Crippen molar-refractivity contribution in [2.24, 2.45) is 0 Å². The number of hydrogen-bond acceptors (Lipinski definition) is 5. The lowest BCUT2D eigenvalue weighted by Gasteiger charge is -2.07. The fraction of sp³-hybridized carbons (Fsp3) is 0.273. The zero-order chi connectivity index (χ0) is 21.4. The molecule has 0 saturated heterocycles. The van der Waals surface area contributed by atoms with E-state index in [2.05, 4.69) is 16.8 Å². The lowest BCUT2D eigenvalue weighted by molar-refractivity contribution is -0.144. The first kappa shape index (κ1) is 21.6. The summed E-state index contributed by atoms with van der Waals surface area (Å²) in [5.41, 5.74) is 2.81. The fourth-order valence-electron chi connectivity index (χ4n) is 2.87. The molecule has 150 valence electrons. The van der Waals surface area contributed by atoms with Gasteiger partial charge in [0.1, 0.15) is 11.6 Å². The lowest BCUT2D eigenvalue weighted by atomic mass is 10.1. The first-order valence-corrected chi connectivity index (χ1v) is 9.22. The number of carbonyl (C=O) groups excluding carboxylic acids is 3. The highest BCUT2D eigenvalue weighted by Gasteiger charge is 2.17. The molecule has 0 bridgehead atoms. The van der Waals surface area contributed by atoms with Gasteiger partial charge in [-0.15, -0.1) is 0 Å². The van der Waals surface area contributed by atoms with E-state index in [1.807, 2.05) is 26.0 Å². The highest BCUT2D eigenvalue weighted by atomic mass is 16.5. The van der Waals surface area contributed by atoms with Gasteiger partial charge in [-0.05, 0) is 50.1 Å². The van der Waals surface area contributed by atoms with E-state index in [1.165, 1.54) is 6.08 Å². The highest BCUT2D eigenvalue weighted by Crippen LogP contribution is 2.19. The molecule has 0 aliphatic rings. The molecule has 1 aromatic heterocycles. The van der Waals surface area contributed by atoms with Crippen molar-refractivity contribution in [2.45, 2.75) is 33.7 Å². The Morgan fingerprint density at radius 3 is 2.52 bits per heavy atom. The Balaban J connectivity index is 2.01. The molecule has 0 aliphatic heterocycles. The number of rotatable bonds is 7. The summed E-state index contributed by atoms with van der Waals surface area (Å²) in [6.45, 7) is 6.12. The number of esters is 1. The number of carbonyl (C=O) groups is 3. The number of imide groups is 1. The van der Waals surface area contributed by atoms with Crippen molar-refractivity contribution in [3.8, 4) is 6.07 Å². The van der Waals surface area contributed by atoms with Gasteiger partial charge in [0.05, 0.1) is 0 Å². The normalized spacial score (nSPS) is 10.9. The third kappa shape index (κ3) is 5.66. The number of ether oxygens (including phenoxy) is 1. The second-order valence-electron chi connectivity index (χ2n) is 6.47. The number of aryl methyl sites for hydroxylation is 1. The molecule has 1 heterocycles. The molecule has 0 atom stereocenters. The van der Waals surface area contributed by atoms with E-state index < -0.39 is 24.4 Å². The SMILES string of the molecule is CCCn1c(C)cc(/C=C(\C#N)C(=O)OCC(=O)NC(=O)c2ccccc2)c1C. The lowest BCUT2D eigenvalue weighted by Crippen LogP contribution is -2.34. The van der Waals surface area contributed by atoms with Crippen LogP contribution in [0.5, 0.6) is 0 Å². The number of benzene rings is 1. The van der Waals surface area contributed by atoms with Gasteiger partial charge in [-0.3, -0.25) is 14.9 Å². The molecular formula is C22H23N3O4. The predicted molar refractivity (Wildman–Crippen MR) is 108 cm³/mol. The number of nitriles is 1. The minimum Gasteiger partial charge on any atom is -0.451 e. The minimum absolute atomic E-state index is 0.219. The van der Waals surface area contributed by atoms with Crippen LogP contribution in [-0.2, 0) is 20.9 Å². The van der Waals surface area contributed by atoms with Crippen LogP contribution in [0, 0.1) is 25.2 Å². The zero-order valence-electron chi connectivity index (χ0n) is 16.7. The smallest absolute Gasteiger partial charge is 0.349 e. The van der Waals surface area contributed by atoms with Gasteiger partial charge in [0.2, 0.25) is 0 Å². The van der Waals surface area contributed by atoms with Crippen molar-refractivity contribution < 1.29 is 19.1 Å². The minimum atomic E-state index is -0.921. The Labute approximate surface area is 169 Å². The molecule has 0 aliphatic carbocycles. The fourth-order valence-corrected chi connectivity index (χ4v) is 2.87. The van der Waals surface area contributed by atoms with Crippen LogP contribution in [0.4, 0.5) is 0 Å². The van der Waals surface area contributed by atoms with E-state index in [-0.39, 0.29) is 5.57 Å². The molecule has 0 radical (unpaired) electrons. The molecule has 0 fully saturated rings. The van der Waals surface area contributed by atoms with Crippen molar-refractivity contribution in [3.05, 3.63) is 64.5 Å². The maximum absolute atomic E-state index is 12.2.